The highest BCUT2D eigenvalue weighted by molar-refractivity contribution is 6.30. The fraction of sp³-hybridized carbons (Fsp3) is 0.0556. The van der Waals surface area contributed by atoms with Crippen LogP contribution in [0.4, 0.5) is 5.69 Å². The molecule has 2 aromatic carbocycles. The molecule has 0 bridgehead atoms. The molecule has 0 saturated heterocycles. The van der Waals surface area contributed by atoms with Gasteiger partial charge in [-0.05, 0) is 48.5 Å². The van der Waals surface area contributed by atoms with Crippen molar-refractivity contribution in [3.63, 3.8) is 0 Å². The number of carbonyl (C=O) groups is 1. The highest BCUT2D eigenvalue weighted by Gasteiger charge is 2.14. The largest absolute Gasteiger partial charge is 0.497 e. The topological polar surface area (TPSA) is 73.2 Å². The van der Waals surface area contributed by atoms with Gasteiger partial charge in [-0.25, -0.2) is 4.68 Å². The van der Waals surface area contributed by atoms with Crippen molar-refractivity contribution < 1.29 is 9.53 Å². The summed E-state index contributed by atoms with van der Waals surface area (Å²) in [6.07, 6.45) is 1.50. The van der Waals surface area contributed by atoms with Gasteiger partial charge in [-0.3, -0.25) is 9.59 Å². The van der Waals surface area contributed by atoms with Crippen molar-refractivity contribution in [3.8, 4) is 11.4 Å². The smallest absolute Gasteiger partial charge is 0.280 e. The SMILES string of the molecule is COc1ccc(-n2ccc(=O)c(C(=O)Nc3ccc(Cl)cc3)n2)cc1. The first-order valence-electron chi connectivity index (χ1n) is 7.38. The summed E-state index contributed by atoms with van der Waals surface area (Å²) in [5, 5.41) is 7.32. The molecule has 0 aliphatic rings. The van der Waals surface area contributed by atoms with E-state index in [9.17, 15) is 9.59 Å². The predicted molar refractivity (Wildman–Crippen MR) is 95.8 cm³/mol. The fourth-order valence-corrected chi connectivity index (χ4v) is 2.29. The second kappa shape index (κ2) is 7.19. The maximum absolute atomic E-state index is 12.4. The van der Waals surface area contributed by atoms with Gasteiger partial charge >= 0.3 is 0 Å². The Morgan fingerprint density at radius 3 is 2.40 bits per heavy atom. The number of nitrogens with zero attached hydrogens (tertiary/aromatic N) is 2. The Labute approximate surface area is 148 Å². The number of nitrogens with one attached hydrogen (secondary N) is 1. The van der Waals surface area contributed by atoms with E-state index in [-0.39, 0.29) is 5.69 Å². The zero-order chi connectivity index (χ0) is 17.8. The van der Waals surface area contributed by atoms with Crippen molar-refractivity contribution in [2.24, 2.45) is 0 Å². The van der Waals surface area contributed by atoms with Crippen LogP contribution in [0.15, 0.2) is 65.6 Å². The van der Waals surface area contributed by atoms with Crippen molar-refractivity contribution in [2.45, 2.75) is 0 Å². The zero-order valence-corrected chi connectivity index (χ0v) is 14.0. The van der Waals surface area contributed by atoms with Crippen LogP contribution in [0.25, 0.3) is 5.69 Å². The third-order valence-electron chi connectivity index (χ3n) is 3.46. The lowest BCUT2D eigenvalue weighted by Crippen LogP contribution is -2.25. The van der Waals surface area contributed by atoms with Crippen LogP contribution in [0.2, 0.25) is 5.02 Å². The van der Waals surface area contributed by atoms with E-state index < -0.39 is 11.3 Å². The number of methoxy groups -OCH3 is 1. The summed E-state index contributed by atoms with van der Waals surface area (Å²) in [5.74, 6) is 0.112. The van der Waals surface area contributed by atoms with Crippen molar-refractivity contribution in [3.05, 3.63) is 81.7 Å². The Hall–Kier alpha value is -3.12. The van der Waals surface area contributed by atoms with E-state index >= 15 is 0 Å². The number of amides is 1. The van der Waals surface area contributed by atoms with E-state index in [4.69, 9.17) is 16.3 Å². The van der Waals surface area contributed by atoms with E-state index in [0.29, 0.717) is 22.1 Å². The second-order valence-corrected chi connectivity index (χ2v) is 5.57. The van der Waals surface area contributed by atoms with Gasteiger partial charge in [-0.1, -0.05) is 11.6 Å². The molecule has 1 aromatic heterocycles. The number of rotatable bonds is 4. The lowest BCUT2D eigenvalue weighted by Gasteiger charge is -2.09. The van der Waals surface area contributed by atoms with Gasteiger partial charge < -0.3 is 10.1 Å². The molecule has 0 radical (unpaired) electrons. The molecule has 7 heteroatoms. The Morgan fingerprint density at radius 1 is 1.08 bits per heavy atom. The van der Waals surface area contributed by atoms with Crippen LogP contribution in [0.1, 0.15) is 10.5 Å². The van der Waals surface area contributed by atoms with Crippen LogP contribution in [0.5, 0.6) is 5.75 Å². The van der Waals surface area contributed by atoms with Gasteiger partial charge in [0.2, 0.25) is 5.43 Å². The molecule has 0 aliphatic carbocycles. The third kappa shape index (κ3) is 3.87. The van der Waals surface area contributed by atoms with E-state index in [1.165, 1.54) is 16.9 Å². The average Bonchev–Trinajstić information content (AvgIpc) is 2.64. The Kier molecular flexibility index (Phi) is 4.81. The molecule has 0 unspecified atom stereocenters. The highest BCUT2D eigenvalue weighted by atomic mass is 35.5. The molecule has 126 valence electrons. The fourth-order valence-electron chi connectivity index (χ4n) is 2.17. The average molecular weight is 356 g/mol. The van der Waals surface area contributed by atoms with Gasteiger partial charge in [-0.2, -0.15) is 5.10 Å². The number of benzene rings is 2. The van der Waals surface area contributed by atoms with Crippen molar-refractivity contribution in [1.29, 1.82) is 0 Å². The number of hydrogen-bond acceptors (Lipinski definition) is 4. The molecule has 1 N–H and O–H groups in total. The molecule has 0 spiro atoms. The predicted octanol–water partition coefficient (Wildman–Crippen LogP) is 3.15. The number of ether oxygens (including phenoxy) is 1. The van der Waals surface area contributed by atoms with Crippen molar-refractivity contribution in [1.82, 2.24) is 9.78 Å². The Morgan fingerprint density at radius 2 is 1.76 bits per heavy atom. The summed E-state index contributed by atoms with van der Waals surface area (Å²) < 4.78 is 6.56. The van der Waals surface area contributed by atoms with E-state index in [2.05, 4.69) is 10.4 Å². The standard InChI is InChI=1S/C18H14ClN3O3/c1-25-15-8-6-14(7-9-15)22-11-10-16(23)17(21-22)18(24)20-13-4-2-12(19)3-5-13/h2-11H,1H3,(H,20,24). The molecule has 0 aliphatic heterocycles. The van der Waals surface area contributed by atoms with Crippen LogP contribution in [-0.2, 0) is 0 Å². The summed E-state index contributed by atoms with van der Waals surface area (Å²) in [4.78, 5) is 24.4. The van der Waals surface area contributed by atoms with Gasteiger partial charge in [0.25, 0.3) is 5.91 Å². The number of anilines is 1. The third-order valence-corrected chi connectivity index (χ3v) is 3.71. The number of carbonyl (C=O) groups excluding carboxylic acids is 1. The van der Waals surface area contributed by atoms with E-state index in [1.54, 1.807) is 55.6 Å². The first-order valence-corrected chi connectivity index (χ1v) is 7.76. The van der Waals surface area contributed by atoms with Crippen LogP contribution in [0, 0.1) is 0 Å². The minimum Gasteiger partial charge on any atom is -0.497 e. The van der Waals surface area contributed by atoms with Gasteiger partial charge in [0.15, 0.2) is 5.69 Å². The van der Waals surface area contributed by atoms with Crippen molar-refractivity contribution in [2.75, 3.05) is 12.4 Å². The molecule has 6 nitrogen and oxygen atoms in total. The summed E-state index contributed by atoms with van der Waals surface area (Å²) in [6, 6.07) is 15.0. The highest BCUT2D eigenvalue weighted by Crippen LogP contribution is 2.15. The molecule has 3 aromatic rings. The number of aromatic nitrogens is 2. The first kappa shape index (κ1) is 16.7. The summed E-state index contributed by atoms with van der Waals surface area (Å²) in [6.45, 7) is 0. The second-order valence-electron chi connectivity index (χ2n) is 5.13. The van der Waals surface area contributed by atoms with Crippen molar-refractivity contribution >= 4 is 23.2 Å². The lowest BCUT2D eigenvalue weighted by molar-refractivity contribution is 0.101. The molecular formula is C18H14ClN3O3. The van der Waals surface area contributed by atoms with Crippen LogP contribution < -0.4 is 15.5 Å². The van der Waals surface area contributed by atoms with Crippen LogP contribution >= 0.6 is 11.6 Å². The summed E-state index contributed by atoms with van der Waals surface area (Å²) in [7, 11) is 1.58. The molecule has 0 atom stereocenters. The molecule has 3 rings (SSSR count). The molecule has 1 amide bonds. The minimum atomic E-state index is -0.588. The molecule has 0 saturated carbocycles. The monoisotopic (exact) mass is 355 g/mol. The molecular weight excluding hydrogens is 342 g/mol. The van der Waals surface area contributed by atoms with Crippen LogP contribution in [0.3, 0.4) is 0 Å². The molecule has 25 heavy (non-hydrogen) atoms. The number of hydrogen-bond donors (Lipinski definition) is 1. The molecule has 0 fully saturated rings. The minimum absolute atomic E-state index is 0.201. The zero-order valence-electron chi connectivity index (χ0n) is 13.3. The Balaban J connectivity index is 1.89. The van der Waals surface area contributed by atoms with E-state index in [1.807, 2.05) is 0 Å². The normalized spacial score (nSPS) is 10.3. The molecule has 1 heterocycles. The maximum atomic E-state index is 12.4. The first-order chi connectivity index (χ1) is 12.1. The summed E-state index contributed by atoms with van der Waals surface area (Å²) in [5.41, 5.74) is 0.557. The van der Waals surface area contributed by atoms with Gasteiger partial charge in [0.1, 0.15) is 5.75 Å². The van der Waals surface area contributed by atoms with Gasteiger partial charge in [-0.15, -0.1) is 0 Å². The van der Waals surface area contributed by atoms with Gasteiger partial charge in [0, 0.05) is 23.0 Å². The Bertz CT molecular complexity index is 951. The lowest BCUT2D eigenvalue weighted by atomic mass is 10.3. The quantitative estimate of drug-likeness (QED) is 0.780. The van der Waals surface area contributed by atoms with Gasteiger partial charge in [0.05, 0.1) is 12.8 Å². The van der Waals surface area contributed by atoms with E-state index in [0.717, 1.165) is 0 Å². The van der Waals surface area contributed by atoms with Crippen LogP contribution in [-0.4, -0.2) is 22.8 Å². The number of halogens is 1. The maximum Gasteiger partial charge on any atom is 0.280 e. The summed E-state index contributed by atoms with van der Waals surface area (Å²) >= 11 is 5.81.